The Morgan fingerprint density at radius 1 is 1.17 bits per heavy atom. The number of Topliss-reactive ketones (excluding diaryl/α,β-unsaturated/α-hetero) is 1. The molecule has 29 heavy (non-hydrogen) atoms. The van der Waals surface area contributed by atoms with Gasteiger partial charge in [-0.25, -0.2) is 4.79 Å². The van der Waals surface area contributed by atoms with Crippen molar-refractivity contribution < 1.29 is 14.3 Å². The third kappa shape index (κ3) is 4.89. The first kappa shape index (κ1) is 20.7. The van der Waals surface area contributed by atoms with E-state index in [1.54, 1.807) is 24.3 Å². The van der Waals surface area contributed by atoms with E-state index in [0.717, 1.165) is 34.7 Å². The summed E-state index contributed by atoms with van der Waals surface area (Å²) in [6.07, 6.45) is 0.974. The molecule has 0 bridgehead atoms. The minimum Gasteiger partial charge on any atom is -0.456 e. The zero-order valence-electron chi connectivity index (χ0n) is 16.6. The molecule has 0 fully saturated rings. The zero-order chi connectivity index (χ0) is 21.0. The van der Waals surface area contributed by atoms with E-state index in [1.807, 2.05) is 19.9 Å². The van der Waals surface area contributed by atoms with Crippen molar-refractivity contribution in [1.29, 1.82) is 0 Å². The van der Waals surface area contributed by atoms with E-state index >= 15 is 0 Å². The Balaban J connectivity index is 1.57. The summed E-state index contributed by atoms with van der Waals surface area (Å²) < 4.78 is 7.20. The van der Waals surface area contributed by atoms with Crippen molar-refractivity contribution in [1.82, 2.24) is 24.8 Å². The lowest BCUT2D eigenvalue weighted by Gasteiger charge is -2.08. The standard InChI is InChI=1S/C20H22ClN5O3/c1-4-9-25-13(2)10-17(14(25)3)18(27)12-29-19(28)11-26-23-20(22-24-26)15-5-7-16(21)8-6-15/h5-8,10H,4,9,11-12H2,1-3H3. The second kappa shape index (κ2) is 9.00. The van der Waals surface area contributed by atoms with Crippen LogP contribution in [0.2, 0.25) is 5.02 Å². The Morgan fingerprint density at radius 3 is 2.59 bits per heavy atom. The lowest BCUT2D eigenvalue weighted by atomic mass is 10.1. The summed E-state index contributed by atoms with van der Waals surface area (Å²) in [5.74, 6) is -0.475. The van der Waals surface area contributed by atoms with Crippen LogP contribution in [0, 0.1) is 13.8 Å². The van der Waals surface area contributed by atoms with Crippen molar-refractivity contribution in [2.24, 2.45) is 0 Å². The van der Waals surface area contributed by atoms with Gasteiger partial charge >= 0.3 is 5.97 Å². The molecule has 0 aliphatic heterocycles. The summed E-state index contributed by atoms with van der Waals surface area (Å²) in [5, 5.41) is 12.5. The fourth-order valence-corrected chi connectivity index (χ4v) is 3.19. The maximum atomic E-state index is 12.5. The third-order valence-corrected chi connectivity index (χ3v) is 4.76. The maximum absolute atomic E-state index is 12.5. The second-order valence-corrected chi connectivity index (χ2v) is 7.11. The fraction of sp³-hybridized carbons (Fsp3) is 0.350. The largest absolute Gasteiger partial charge is 0.456 e. The molecule has 0 aliphatic carbocycles. The van der Waals surface area contributed by atoms with Crippen molar-refractivity contribution >= 4 is 23.4 Å². The summed E-state index contributed by atoms with van der Waals surface area (Å²) in [5.41, 5.74) is 3.20. The number of ether oxygens (including phenoxy) is 1. The molecule has 8 nitrogen and oxygen atoms in total. The smallest absolute Gasteiger partial charge is 0.330 e. The molecule has 1 aromatic carbocycles. The number of nitrogens with zero attached hydrogens (tertiary/aromatic N) is 5. The number of aromatic nitrogens is 5. The predicted molar refractivity (Wildman–Crippen MR) is 108 cm³/mol. The van der Waals surface area contributed by atoms with Gasteiger partial charge in [-0.05, 0) is 55.8 Å². The fourth-order valence-electron chi connectivity index (χ4n) is 3.06. The van der Waals surface area contributed by atoms with Gasteiger partial charge in [0.15, 0.2) is 13.2 Å². The topological polar surface area (TPSA) is 91.9 Å². The van der Waals surface area contributed by atoms with Crippen LogP contribution in [0.15, 0.2) is 30.3 Å². The number of rotatable bonds is 8. The van der Waals surface area contributed by atoms with Gasteiger partial charge in [-0.3, -0.25) is 4.79 Å². The van der Waals surface area contributed by atoms with Crippen molar-refractivity contribution in [3.05, 3.63) is 52.3 Å². The van der Waals surface area contributed by atoms with E-state index < -0.39 is 5.97 Å². The quantitative estimate of drug-likeness (QED) is 0.414. The van der Waals surface area contributed by atoms with Crippen LogP contribution in [0.25, 0.3) is 11.4 Å². The number of aryl methyl sites for hydroxylation is 1. The predicted octanol–water partition coefficient (Wildman–Crippen LogP) is 3.25. The molecule has 0 aliphatic rings. The summed E-state index contributed by atoms with van der Waals surface area (Å²) in [6, 6.07) is 8.79. The SMILES string of the molecule is CCCn1c(C)cc(C(=O)COC(=O)Cn2nnc(-c3ccc(Cl)cc3)n2)c1C. The monoisotopic (exact) mass is 415 g/mol. The average molecular weight is 416 g/mol. The highest BCUT2D eigenvalue weighted by Gasteiger charge is 2.18. The zero-order valence-corrected chi connectivity index (χ0v) is 17.3. The van der Waals surface area contributed by atoms with Gasteiger partial charge in [-0.2, -0.15) is 4.80 Å². The Bertz CT molecular complexity index is 1020. The Morgan fingerprint density at radius 2 is 1.90 bits per heavy atom. The van der Waals surface area contributed by atoms with E-state index in [0.29, 0.717) is 16.4 Å². The molecular weight excluding hydrogens is 394 g/mol. The molecular formula is C20H22ClN5O3. The van der Waals surface area contributed by atoms with Gasteiger partial charge < -0.3 is 9.30 Å². The lowest BCUT2D eigenvalue weighted by Crippen LogP contribution is -2.20. The highest BCUT2D eigenvalue weighted by atomic mass is 35.5. The van der Waals surface area contributed by atoms with Crippen molar-refractivity contribution in [3.63, 3.8) is 0 Å². The first-order chi connectivity index (χ1) is 13.9. The van der Waals surface area contributed by atoms with Gasteiger partial charge in [0.25, 0.3) is 0 Å². The summed E-state index contributed by atoms with van der Waals surface area (Å²) in [4.78, 5) is 25.7. The van der Waals surface area contributed by atoms with Crippen LogP contribution >= 0.6 is 11.6 Å². The van der Waals surface area contributed by atoms with Gasteiger partial charge in [-0.15, -0.1) is 10.2 Å². The Kier molecular flexibility index (Phi) is 6.43. The molecule has 0 unspecified atom stereocenters. The van der Waals surface area contributed by atoms with Crippen LogP contribution in [-0.4, -0.2) is 43.1 Å². The van der Waals surface area contributed by atoms with E-state index in [4.69, 9.17) is 16.3 Å². The second-order valence-electron chi connectivity index (χ2n) is 6.67. The number of carbonyl (C=O) groups is 2. The van der Waals surface area contributed by atoms with Crippen LogP contribution in [0.3, 0.4) is 0 Å². The van der Waals surface area contributed by atoms with Gasteiger partial charge in [0, 0.05) is 34.1 Å². The minimum atomic E-state index is -0.610. The molecule has 0 atom stereocenters. The number of esters is 1. The molecule has 2 heterocycles. The average Bonchev–Trinajstić information content (AvgIpc) is 3.27. The number of benzene rings is 1. The van der Waals surface area contributed by atoms with Gasteiger partial charge in [0.2, 0.25) is 11.6 Å². The molecule has 3 rings (SSSR count). The molecule has 0 amide bonds. The van der Waals surface area contributed by atoms with Crippen LogP contribution in [0.4, 0.5) is 0 Å². The molecule has 152 valence electrons. The van der Waals surface area contributed by atoms with Crippen LogP contribution in [-0.2, 0) is 22.6 Å². The van der Waals surface area contributed by atoms with Crippen LogP contribution in [0.5, 0.6) is 0 Å². The molecule has 0 saturated carbocycles. The maximum Gasteiger partial charge on any atom is 0.330 e. The number of tetrazole rings is 1. The number of halogens is 1. The van der Waals surface area contributed by atoms with E-state index in [1.165, 1.54) is 0 Å². The number of ketones is 1. The molecule has 0 N–H and O–H groups in total. The van der Waals surface area contributed by atoms with E-state index in [9.17, 15) is 9.59 Å². The molecule has 0 spiro atoms. The lowest BCUT2D eigenvalue weighted by molar-refractivity contribution is -0.143. The minimum absolute atomic E-state index is 0.233. The summed E-state index contributed by atoms with van der Waals surface area (Å²) in [7, 11) is 0. The van der Waals surface area contributed by atoms with Gasteiger partial charge in [-0.1, -0.05) is 18.5 Å². The highest BCUT2D eigenvalue weighted by molar-refractivity contribution is 6.30. The molecule has 3 aromatic rings. The first-order valence-electron chi connectivity index (χ1n) is 9.28. The van der Waals surface area contributed by atoms with E-state index in [2.05, 4.69) is 26.9 Å². The van der Waals surface area contributed by atoms with Crippen LogP contribution < -0.4 is 0 Å². The summed E-state index contributed by atoms with van der Waals surface area (Å²) >= 11 is 5.86. The van der Waals surface area contributed by atoms with Crippen LogP contribution in [0.1, 0.15) is 35.1 Å². The highest BCUT2D eigenvalue weighted by Crippen LogP contribution is 2.18. The number of hydrogen-bond donors (Lipinski definition) is 0. The normalized spacial score (nSPS) is 10.9. The Hall–Kier alpha value is -3.00. The molecule has 0 saturated heterocycles. The summed E-state index contributed by atoms with van der Waals surface area (Å²) in [6.45, 7) is 6.23. The van der Waals surface area contributed by atoms with Gasteiger partial charge in [0.1, 0.15) is 0 Å². The Labute approximate surface area is 173 Å². The first-order valence-corrected chi connectivity index (χ1v) is 9.66. The van der Waals surface area contributed by atoms with Gasteiger partial charge in [0.05, 0.1) is 0 Å². The molecule has 2 aromatic heterocycles. The molecule has 9 heteroatoms. The van der Waals surface area contributed by atoms with Crippen molar-refractivity contribution in [3.8, 4) is 11.4 Å². The number of carbonyl (C=O) groups excluding carboxylic acids is 2. The van der Waals surface area contributed by atoms with E-state index in [-0.39, 0.29) is 18.9 Å². The number of hydrogen-bond acceptors (Lipinski definition) is 6. The molecule has 0 radical (unpaired) electrons. The van der Waals surface area contributed by atoms with Crippen molar-refractivity contribution in [2.75, 3.05) is 6.61 Å². The third-order valence-electron chi connectivity index (χ3n) is 4.51. The van der Waals surface area contributed by atoms with Crippen molar-refractivity contribution in [2.45, 2.75) is 40.3 Å².